The van der Waals surface area contributed by atoms with Gasteiger partial charge in [-0.2, -0.15) is 0 Å². The Labute approximate surface area is 122 Å². The number of fused-ring (bicyclic) bond motifs is 1. The lowest BCUT2D eigenvalue weighted by atomic mass is 9.91. The number of amides is 1. The van der Waals surface area contributed by atoms with E-state index in [-0.39, 0.29) is 18.2 Å². The molecule has 1 amide bonds. The molecule has 2 atom stereocenters. The average molecular weight is 327 g/mol. The maximum Gasteiger partial charge on any atom is 0.414 e. The molecule has 1 aliphatic rings. The molecule has 0 aromatic heterocycles. The van der Waals surface area contributed by atoms with E-state index in [1.165, 1.54) is 0 Å². The highest BCUT2D eigenvalue weighted by atomic mass is 79.9. The van der Waals surface area contributed by atoms with Crippen molar-refractivity contribution in [3.05, 3.63) is 28.2 Å². The van der Waals surface area contributed by atoms with Gasteiger partial charge in [0.25, 0.3) is 0 Å². The van der Waals surface area contributed by atoms with Crippen LogP contribution in [0.5, 0.6) is 0 Å². The number of halogens is 1. The van der Waals surface area contributed by atoms with Crippen LogP contribution in [0.1, 0.15) is 38.3 Å². The molecule has 2 rings (SSSR count). The molecule has 0 unspecified atom stereocenters. The Morgan fingerprint density at radius 3 is 2.89 bits per heavy atom. The molecule has 0 aliphatic carbocycles. The second-order valence-corrected chi connectivity index (χ2v) is 5.59. The summed E-state index contributed by atoms with van der Waals surface area (Å²) in [5, 5.41) is 0. The Hall–Kier alpha value is -1.07. The van der Waals surface area contributed by atoms with Gasteiger partial charge in [-0.1, -0.05) is 22.9 Å². The zero-order valence-electron chi connectivity index (χ0n) is 11.2. The van der Waals surface area contributed by atoms with Gasteiger partial charge in [0.15, 0.2) is 0 Å². The number of nitrogens with two attached hydrogens (primary N) is 1. The fourth-order valence-electron chi connectivity index (χ4n) is 2.55. The van der Waals surface area contributed by atoms with Crippen molar-refractivity contribution in [2.45, 2.75) is 38.8 Å². The highest BCUT2D eigenvalue weighted by molar-refractivity contribution is 9.10. The molecule has 4 nitrogen and oxygen atoms in total. The first-order chi connectivity index (χ1) is 9.08. The number of carbonyl (C=O) groups excluding carboxylic acids is 1. The number of hydrogen-bond donors (Lipinski definition) is 1. The molecule has 1 heterocycles. The van der Waals surface area contributed by atoms with E-state index in [0.717, 1.165) is 28.6 Å². The predicted octanol–water partition coefficient (Wildman–Crippen LogP) is 3.59. The standard InChI is InChI=1S/C14H19BrN2O2/c1-3-10-8-12(16)11-7-9(15)5-6-13(11)17(10)14(18)19-4-2/h5-7,10,12H,3-4,8,16H2,1-2H3/t10-,12+/m1/s1. The lowest BCUT2D eigenvalue weighted by Crippen LogP contribution is -2.46. The molecule has 19 heavy (non-hydrogen) atoms. The summed E-state index contributed by atoms with van der Waals surface area (Å²) >= 11 is 3.45. The van der Waals surface area contributed by atoms with E-state index in [1.54, 1.807) is 4.90 Å². The van der Waals surface area contributed by atoms with Crippen molar-refractivity contribution in [2.75, 3.05) is 11.5 Å². The Morgan fingerprint density at radius 2 is 2.26 bits per heavy atom. The monoisotopic (exact) mass is 326 g/mol. The van der Waals surface area contributed by atoms with Gasteiger partial charge in [0.05, 0.1) is 12.3 Å². The van der Waals surface area contributed by atoms with Crippen LogP contribution in [-0.2, 0) is 4.74 Å². The van der Waals surface area contributed by atoms with Crippen molar-refractivity contribution in [3.63, 3.8) is 0 Å². The summed E-state index contributed by atoms with van der Waals surface area (Å²) in [5.74, 6) is 0. The summed E-state index contributed by atoms with van der Waals surface area (Å²) in [5.41, 5.74) is 8.08. The van der Waals surface area contributed by atoms with Crippen LogP contribution in [0.2, 0.25) is 0 Å². The highest BCUT2D eigenvalue weighted by Crippen LogP contribution is 2.38. The van der Waals surface area contributed by atoms with E-state index in [1.807, 2.05) is 25.1 Å². The third kappa shape index (κ3) is 2.77. The quantitative estimate of drug-likeness (QED) is 0.903. The maximum atomic E-state index is 12.2. The first-order valence-corrected chi connectivity index (χ1v) is 7.38. The number of nitrogens with zero attached hydrogens (tertiary/aromatic N) is 1. The van der Waals surface area contributed by atoms with E-state index in [4.69, 9.17) is 10.5 Å². The molecule has 0 spiro atoms. The summed E-state index contributed by atoms with van der Waals surface area (Å²) < 4.78 is 6.14. The fraction of sp³-hybridized carbons (Fsp3) is 0.500. The molecule has 1 aromatic carbocycles. The summed E-state index contributed by atoms with van der Waals surface area (Å²) in [6.07, 6.45) is 1.34. The molecule has 2 N–H and O–H groups in total. The second-order valence-electron chi connectivity index (χ2n) is 4.68. The Balaban J connectivity index is 2.45. The van der Waals surface area contributed by atoms with Crippen LogP contribution in [0.4, 0.5) is 10.5 Å². The Kier molecular flexibility index (Phi) is 4.47. The average Bonchev–Trinajstić information content (AvgIpc) is 2.39. The first-order valence-electron chi connectivity index (χ1n) is 6.59. The lowest BCUT2D eigenvalue weighted by molar-refractivity contribution is 0.155. The fourth-order valence-corrected chi connectivity index (χ4v) is 2.93. The smallest absolute Gasteiger partial charge is 0.414 e. The van der Waals surface area contributed by atoms with Gasteiger partial charge in [-0.3, -0.25) is 4.90 Å². The van der Waals surface area contributed by atoms with E-state index < -0.39 is 0 Å². The summed E-state index contributed by atoms with van der Waals surface area (Å²) in [7, 11) is 0. The lowest BCUT2D eigenvalue weighted by Gasteiger charge is -2.38. The zero-order valence-corrected chi connectivity index (χ0v) is 12.8. The molecule has 1 aliphatic heterocycles. The van der Waals surface area contributed by atoms with Crippen molar-refractivity contribution in [1.29, 1.82) is 0 Å². The van der Waals surface area contributed by atoms with E-state index in [2.05, 4.69) is 22.9 Å². The Morgan fingerprint density at radius 1 is 1.53 bits per heavy atom. The van der Waals surface area contributed by atoms with Crippen LogP contribution >= 0.6 is 15.9 Å². The molecular formula is C14H19BrN2O2. The van der Waals surface area contributed by atoms with Crippen molar-refractivity contribution >= 4 is 27.7 Å². The molecule has 0 saturated heterocycles. The van der Waals surface area contributed by atoms with Crippen LogP contribution in [0.3, 0.4) is 0 Å². The largest absolute Gasteiger partial charge is 0.449 e. The molecule has 5 heteroatoms. The highest BCUT2D eigenvalue weighted by Gasteiger charge is 2.34. The van der Waals surface area contributed by atoms with Gasteiger partial charge in [0.2, 0.25) is 0 Å². The molecule has 0 fully saturated rings. The predicted molar refractivity (Wildman–Crippen MR) is 79.3 cm³/mol. The van der Waals surface area contributed by atoms with Crippen LogP contribution in [0.15, 0.2) is 22.7 Å². The minimum atomic E-state index is -0.287. The minimum absolute atomic E-state index is 0.0388. The summed E-state index contributed by atoms with van der Waals surface area (Å²) in [6, 6.07) is 5.90. The molecule has 0 saturated carbocycles. The van der Waals surface area contributed by atoms with E-state index >= 15 is 0 Å². The first kappa shape index (κ1) is 14.3. The topological polar surface area (TPSA) is 55.6 Å². The number of hydrogen-bond acceptors (Lipinski definition) is 3. The third-order valence-electron chi connectivity index (χ3n) is 3.48. The number of carbonyl (C=O) groups is 1. The Bertz CT molecular complexity index is 479. The van der Waals surface area contributed by atoms with Gasteiger partial charge in [-0.05, 0) is 43.5 Å². The van der Waals surface area contributed by atoms with Crippen LogP contribution in [0.25, 0.3) is 0 Å². The maximum absolute atomic E-state index is 12.2. The van der Waals surface area contributed by atoms with Gasteiger partial charge in [0, 0.05) is 16.6 Å². The van der Waals surface area contributed by atoms with Gasteiger partial charge >= 0.3 is 6.09 Å². The number of benzene rings is 1. The number of ether oxygens (including phenoxy) is 1. The van der Waals surface area contributed by atoms with Crippen LogP contribution < -0.4 is 10.6 Å². The normalized spacial score (nSPS) is 22.0. The molecule has 0 radical (unpaired) electrons. The van der Waals surface area contributed by atoms with Gasteiger partial charge in [-0.15, -0.1) is 0 Å². The van der Waals surface area contributed by atoms with E-state index in [9.17, 15) is 4.79 Å². The molecule has 0 bridgehead atoms. The second kappa shape index (κ2) is 5.92. The summed E-state index contributed by atoms with van der Waals surface area (Å²) in [4.78, 5) is 13.9. The number of rotatable bonds is 2. The number of anilines is 1. The summed E-state index contributed by atoms with van der Waals surface area (Å²) in [6.45, 7) is 4.26. The van der Waals surface area contributed by atoms with Gasteiger partial charge < -0.3 is 10.5 Å². The molecule has 104 valence electrons. The van der Waals surface area contributed by atoms with Crippen molar-refractivity contribution < 1.29 is 9.53 Å². The van der Waals surface area contributed by atoms with Crippen molar-refractivity contribution in [2.24, 2.45) is 5.73 Å². The zero-order chi connectivity index (χ0) is 14.0. The van der Waals surface area contributed by atoms with Gasteiger partial charge in [0.1, 0.15) is 0 Å². The minimum Gasteiger partial charge on any atom is -0.449 e. The van der Waals surface area contributed by atoms with Crippen molar-refractivity contribution in [3.8, 4) is 0 Å². The van der Waals surface area contributed by atoms with Crippen LogP contribution in [0, 0.1) is 0 Å². The van der Waals surface area contributed by atoms with E-state index in [0.29, 0.717) is 6.61 Å². The van der Waals surface area contributed by atoms with Gasteiger partial charge in [-0.25, -0.2) is 4.79 Å². The SMILES string of the molecule is CCOC(=O)N1c2ccc(Br)cc2[C@@H](N)C[C@H]1CC. The molecular weight excluding hydrogens is 308 g/mol. The molecule has 1 aromatic rings. The third-order valence-corrected chi connectivity index (χ3v) is 3.97. The van der Waals surface area contributed by atoms with Crippen LogP contribution in [-0.4, -0.2) is 18.7 Å². The van der Waals surface area contributed by atoms with Crippen molar-refractivity contribution in [1.82, 2.24) is 0 Å².